The van der Waals surface area contributed by atoms with Crippen molar-refractivity contribution in [1.82, 2.24) is 24.5 Å². The van der Waals surface area contributed by atoms with E-state index in [2.05, 4.69) is 25.3 Å². The minimum atomic E-state index is -3.24. The standard InChI is InChI=1S/C16H20N6O3S/c1-25-13-6-4-3-5-12(13)11-17-14-7-8-15-19-20-16(22(15)21-14)9-10-18-26(2,23)24/h3-8,18H,9-11H2,1-2H3,(H,17,21). The molecule has 3 rings (SSSR count). The van der Waals surface area contributed by atoms with Crippen LogP contribution in [0.5, 0.6) is 5.75 Å². The lowest BCUT2D eigenvalue weighted by molar-refractivity contribution is 0.410. The third-order valence-corrected chi connectivity index (χ3v) is 4.42. The van der Waals surface area contributed by atoms with Gasteiger partial charge in [0, 0.05) is 25.1 Å². The predicted molar refractivity (Wildman–Crippen MR) is 97.7 cm³/mol. The number of aromatic nitrogens is 4. The van der Waals surface area contributed by atoms with Crippen LogP contribution in [-0.2, 0) is 23.0 Å². The maximum atomic E-state index is 11.2. The van der Waals surface area contributed by atoms with Crippen molar-refractivity contribution in [3.63, 3.8) is 0 Å². The highest BCUT2D eigenvalue weighted by Crippen LogP contribution is 2.18. The molecule has 2 aromatic heterocycles. The summed E-state index contributed by atoms with van der Waals surface area (Å²) in [4.78, 5) is 0. The van der Waals surface area contributed by atoms with Gasteiger partial charge in [0.2, 0.25) is 10.0 Å². The lowest BCUT2D eigenvalue weighted by Gasteiger charge is -2.10. The molecule has 0 fully saturated rings. The van der Waals surface area contributed by atoms with Crippen molar-refractivity contribution < 1.29 is 13.2 Å². The summed E-state index contributed by atoms with van der Waals surface area (Å²) < 4.78 is 31.7. The first-order valence-corrected chi connectivity index (χ1v) is 9.87. The van der Waals surface area contributed by atoms with E-state index in [-0.39, 0.29) is 6.54 Å². The molecular formula is C16H20N6O3S. The quantitative estimate of drug-likeness (QED) is 0.599. The van der Waals surface area contributed by atoms with Crippen molar-refractivity contribution in [2.75, 3.05) is 25.2 Å². The molecule has 0 saturated carbocycles. The first-order chi connectivity index (χ1) is 12.5. The van der Waals surface area contributed by atoms with Gasteiger partial charge in [-0.05, 0) is 18.2 Å². The molecule has 2 N–H and O–H groups in total. The van der Waals surface area contributed by atoms with E-state index in [4.69, 9.17) is 4.74 Å². The molecule has 3 aromatic rings. The average molecular weight is 376 g/mol. The van der Waals surface area contributed by atoms with Crippen molar-refractivity contribution in [2.24, 2.45) is 0 Å². The summed E-state index contributed by atoms with van der Waals surface area (Å²) in [6, 6.07) is 11.4. The molecule has 9 nitrogen and oxygen atoms in total. The van der Waals surface area contributed by atoms with Crippen LogP contribution in [0, 0.1) is 0 Å². The highest BCUT2D eigenvalue weighted by molar-refractivity contribution is 7.88. The van der Waals surface area contributed by atoms with Crippen molar-refractivity contribution in [2.45, 2.75) is 13.0 Å². The number of fused-ring (bicyclic) bond motifs is 1. The Labute approximate surface area is 151 Å². The number of sulfonamides is 1. The zero-order valence-corrected chi connectivity index (χ0v) is 15.3. The molecule has 138 valence electrons. The average Bonchev–Trinajstić information content (AvgIpc) is 3.01. The summed E-state index contributed by atoms with van der Waals surface area (Å²) in [5, 5.41) is 15.8. The van der Waals surface area contributed by atoms with Crippen LogP contribution in [0.1, 0.15) is 11.4 Å². The van der Waals surface area contributed by atoms with Gasteiger partial charge in [-0.2, -0.15) is 4.52 Å². The van der Waals surface area contributed by atoms with Gasteiger partial charge in [-0.3, -0.25) is 0 Å². The van der Waals surface area contributed by atoms with E-state index in [0.29, 0.717) is 30.3 Å². The zero-order chi connectivity index (χ0) is 18.6. The fourth-order valence-electron chi connectivity index (χ4n) is 2.47. The Morgan fingerprint density at radius 3 is 2.73 bits per heavy atom. The van der Waals surface area contributed by atoms with Crippen molar-refractivity contribution in [3.8, 4) is 5.75 Å². The van der Waals surface area contributed by atoms with Gasteiger partial charge < -0.3 is 10.1 Å². The Morgan fingerprint density at radius 1 is 1.15 bits per heavy atom. The topological polar surface area (TPSA) is 111 Å². The van der Waals surface area contributed by atoms with Crippen LogP contribution in [0.25, 0.3) is 5.65 Å². The zero-order valence-electron chi connectivity index (χ0n) is 14.5. The summed E-state index contributed by atoms with van der Waals surface area (Å²) in [7, 11) is -1.60. The van der Waals surface area contributed by atoms with Crippen LogP contribution in [-0.4, -0.2) is 48.1 Å². The minimum Gasteiger partial charge on any atom is -0.496 e. The van der Waals surface area contributed by atoms with Crippen LogP contribution in [0.3, 0.4) is 0 Å². The number of ether oxygens (including phenoxy) is 1. The SMILES string of the molecule is COc1ccccc1CNc1ccc2nnc(CCNS(C)(=O)=O)n2n1. The molecule has 0 bridgehead atoms. The highest BCUT2D eigenvalue weighted by Gasteiger charge is 2.09. The molecule has 1 aromatic carbocycles. The fraction of sp³-hybridized carbons (Fsp3) is 0.312. The number of hydrogen-bond donors (Lipinski definition) is 2. The Bertz CT molecular complexity index is 1000. The molecule has 0 atom stereocenters. The molecule has 10 heteroatoms. The minimum absolute atomic E-state index is 0.236. The highest BCUT2D eigenvalue weighted by atomic mass is 32.2. The van der Waals surface area contributed by atoms with E-state index < -0.39 is 10.0 Å². The summed E-state index contributed by atoms with van der Waals surface area (Å²) in [6.07, 6.45) is 1.50. The van der Waals surface area contributed by atoms with E-state index in [0.717, 1.165) is 17.6 Å². The number of benzene rings is 1. The van der Waals surface area contributed by atoms with E-state index in [9.17, 15) is 8.42 Å². The summed E-state index contributed by atoms with van der Waals surface area (Å²) in [5.41, 5.74) is 1.61. The largest absolute Gasteiger partial charge is 0.496 e. The number of nitrogens with one attached hydrogen (secondary N) is 2. The number of anilines is 1. The first kappa shape index (κ1) is 18.1. The van der Waals surface area contributed by atoms with E-state index >= 15 is 0 Å². The monoisotopic (exact) mass is 376 g/mol. The first-order valence-electron chi connectivity index (χ1n) is 7.98. The van der Waals surface area contributed by atoms with Crippen molar-refractivity contribution in [1.29, 1.82) is 0 Å². The van der Waals surface area contributed by atoms with Crippen molar-refractivity contribution >= 4 is 21.5 Å². The summed E-state index contributed by atoms with van der Waals surface area (Å²) >= 11 is 0. The van der Waals surface area contributed by atoms with Gasteiger partial charge in [0.1, 0.15) is 11.6 Å². The molecule has 0 amide bonds. The number of methoxy groups -OCH3 is 1. The van der Waals surface area contributed by atoms with Gasteiger partial charge in [0.05, 0.1) is 13.4 Å². The summed E-state index contributed by atoms with van der Waals surface area (Å²) in [5.74, 6) is 2.04. The molecule has 0 aliphatic heterocycles. The number of para-hydroxylation sites is 1. The third-order valence-electron chi connectivity index (χ3n) is 3.69. The molecule has 0 unspecified atom stereocenters. The molecule has 26 heavy (non-hydrogen) atoms. The summed E-state index contributed by atoms with van der Waals surface area (Å²) in [6.45, 7) is 0.787. The Kier molecular flexibility index (Phi) is 5.33. The van der Waals surface area contributed by atoms with Crippen molar-refractivity contribution in [3.05, 3.63) is 47.8 Å². The number of hydrogen-bond acceptors (Lipinski definition) is 7. The number of rotatable bonds is 8. The smallest absolute Gasteiger partial charge is 0.208 e. The molecular weight excluding hydrogens is 356 g/mol. The van der Waals surface area contributed by atoms with Crippen LogP contribution < -0.4 is 14.8 Å². The van der Waals surface area contributed by atoms with Crippen LogP contribution >= 0.6 is 0 Å². The maximum absolute atomic E-state index is 11.2. The van der Waals surface area contributed by atoms with Crippen LogP contribution in [0.2, 0.25) is 0 Å². The van der Waals surface area contributed by atoms with E-state index in [1.165, 1.54) is 0 Å². The van der Waals surface area contributed by atoms with E-state index in [1.54, 1.807) is 17.7 Å². The maximum Gasteiger partial charge on any atom is 0.208 e. The Hall–Kier alpha value is -2.72. The molecule has 0 radical (unpaired) electrons. The second-order valence-corrected chi connectivity index (χ2v) is 7.52. The van der Waals surface area contributed by atoms with Gasteiger partial charge in [-0.15, -0.1) is 15.3 Å². The fourth-order valence-corrected chi connectivity index (χ4v) is 2.94. The van der Waals surface area contributed by atoms with E-state index in [1.807, 2.05) is 30.3 Å². The van der Waals surface area contributed by atoms with Gasteiger partial charge in [-0.1, -0.05) is 18.2 Å². The Balaban J connectivity index is 1.72. The van der Waals surface area contributed by atoms with Crippen LogP contribution in [0.4, 0.5) is 5.82 Å². The molecule has 2 heterocycles. The third kappa shape index (κ3) is 4.46. The molecule has 0 aliphatic carbocycles. The Morgan fingerprint density at radius 2 is 1.96 bits per heavy atom. The van der Waals surface area contributed by atoms with Crippen LogP contribution in [0.15, 0.2) is 36.4 Å². The second kappa shape index (κ2) is 7.67. The van der Waals surface area contributed by atoms with Gasteiger partial charge in [0.15, 0.2) is 11.5 Å². The number of nitrogens with zero attached hydrogens (tertiary/aromatic N) is 4. The molecule has 0 spiro atoms. The normalized spacial score (nSPS) is 11.6. The second-order valence-electron chi connectivity index (χ2n) is 5.69. The molecule has 0 saturated heterocycles. The lowest BCUT2D eigenvalue weighted by atomic mass is 10.2. The van der Waals surface area contributed by atoms with Gasteiger partial charge in [0.25, 0.3) is 0 Å². The van der Waals surface area contributed by atoms with Gasteiger partial charge >= 0.3 is 0 Å². The van der Waals surface area contributed by atoms with Gasteiger partial charge in [-0.25, -0.2) is 13.1 Å². The predicted octanol–water partition coefficient (Wildman–Crippen LogP) is 0.837. The lowest BCUT2D eigenvalue weighted by Crippen LogP contribution is -2.25. The molecule has 0 aliphatic rings.